The van der Waals surface area contributed by atoms with Gasteiger partial charge in [0.15, 0.2) is 0 Å². The predicted octanol–water partition coefficient (Wildman–Crippen LogP) is 0.947. The number of nitrogens with one attached hydrogen (secondary N) is 1. The average Bonchev–Trinajstić information content (AvgIpc) is 2.82. The Labute approximate surface area is 133 Å². The number of thiophene rings is 1. The van der Waals surface area contributed by atoms with Gasteiger partial charge in [-0.3, -0.25) is 9.69 Å². The quantitative estimate of drug-likeness (QED) is 0.822. The maximum absolute atomic E-state index is 12.4. The number of carboxylic acid groups (broad SMARTS) is 1. The highest BCUT2D eigenvalue weighted by atomic mass is 79.9. The number of rotatable bonds is 3. The fourth-order valence-electron chi connectivity index (χ4n) is 2.02. The number of aliphatic carboxylic acids is 1. The minimum Gasteiger partial charge on any atom is -0.480 e. The van der Waals surface area contributed by atoms with Crippen LogP contribution in [0.1, 0.15) is 4.88 Å². The first-order chi connectivity index (χ1) is 9.88. The van der Waals surface area contributed by atoms with E-state index in [1.807, 2.05) is 11.4 Å². The van der Waals surface area contributed by atoms with Gasteiger partial charge in [-0.05, 0) is 22.0 Å². The molecular weight excluding hydrogens is 362 g/mol. The van der Waals surface area contributed by atoms with Gasteiger partial charge in [0, 0.05) is 28.3 Å². The maximum Gasteiger partial charge on any atom is 0.328 e. The highest BCUT2D eigenvalue weighted by Crippen LogP contribution is 2.21. The van der Waals surface area contributed by atoms with E-state index in [0.717, 1.165) is 14.2 Å². The second-order valence-electron chi connectivity index (χ2n) is 4.66. The molecule has 0 bridgehead atoms. The van der Waals surface area contributed by atoms with Gasteiger partial charge in [0.05, 0.1) is 6.54 Å². The average molecular weight is 376 g/mol. The van der Waals surface area contributed by atoms with Crippen LogP contribution < -0.4 is 5.32 Å². The largest absolute Gasteiger partial charge is 0.480 e. The predicted molar refractivity (Wildman–Crippen MR) is 80.0 cm³/mol. The van der Waals surface area contributed by atoms with Crippen LogP contribution >= 0.6 is 27.3 Å². The molecule has 1 aliphatic rings. The van der Waals surface area contributed by atoms with Crippen LogP contribution in [0.25, 0.3) is 0 Å². The Bertz CT molecular complexity index is 577. The molecule has 21 heavy (non-hydrogen) atoms. The minimum atomic E-state index is -1.13. The third-order valence-electron chi connectivity index (χ3n) is 3.05. The van der Waals surface area contributed by atoms with Gasteiger partial charge in [-0.1, -0.05) is 0 Å². The van der Waals surface area contributed by atoms with Crippen molar-refractivity contribution in [2.45, 2.75) is 12.6 Å². The van der Waals surface area contributed by atoms with Gasteiger partial charge in [-0.25, -0.2) is 9.59 Å². The molecule has 1 atom stereocenters. The van der Waals surface area contributed by atoms with Crippen LogP contribution in [0.15, 0.2) is 15.9 Å². The van der Waals surface area contributed by atoms with Crippen LogP contribution in [-0.2, 0) is 16.1 Å². The summed E-state index contributed by atoms with van der Waals surface area (Å²) in [7, 11) is 1.58. The summed E-state index contributed by atoms with van der Waals surface area (Å²) in [4.78, 5) is 38.4. The number of hydrogen-bond acceptors (Lipinski definition) is 4. The highest BCUT2D eigenvalue weighted by Gasteiger charge is 2.36. The number of carbonyl (C=O) groups is 3. The molecule has 1 aliphatic heterocycles. The van der Waals surface area contributed by atoms with Crippen LogP contribution in [-0.4, -0.2) is 59.0 Å². The molecule has 9 heteroatoms. The lowest BCUT2D eigenvalue weighted by molar-refractivity contribution is -0.144. The SMILES string of the molecule is CN(Cc1cc(Br)cs1)C(=O)N1CC(=O)NCC1C(=O)O. The molecule has 2 N–H and O–H groups in total. The maximum atomic E-state index is 12.4. The van der Waals surface area contributed by atoms with Crippen molar-refractivity contribution in [3.63, 3.8) is 0 Å². The second kappa shape index (κ2) is 6.44. The smallest absolute Gasteiger partial charge is 0.328 e. The topological polar surface area (TPSA) is 90.0 Å². The third-order valence-corrected chi connectivity index (χ3v) is 4.74. The lowest BCUT2D eigenvalue weighted by atomic mass is 10.2. The fourth-order valence-corrected chi connectivity index (χ4v) is 3.52. The Kier molecular flexibility index (Phi) is 4.84. The zero-order valence-corrected chi connectivity index (χ0v) is 13.6. The molecule has 1 aromatic rings. The summed E-state index contributed by atoms with van der Waals surface area (Å²) in [6, 6.07) is 0.390. The number of halogens is 1. The monoisotopic (exact) mass is 375 g/mol. The van der Waals surface area contributed by atoms with Crippen molar-refractivity contribution in [1.82, 2.24) is 15.1 Å². The molecule has 1 saturated heterocycles. The lowest BCUT2D eigenvalue weighted by Crippen LogP contribution is -2.61. The number of carboxylic acids is 1. The zero-order chi connectivity index (χ0) is 15.6. The molecule has 0 saturated carbocycles. The van der Waals surface area contributed by atoms with Crippen LogP contribution in [0.3, 0.4) is 0 Å². The van der Waals surface area contributed by atoms with Crippen molar-refractivity contribution < 1.29 is 19.5 Å². The van der Waals surface area contributed by atoms with Crippen molar-refractivity contribution in [2.24, 2.45) is 0 Å². The van der Waals surface area contributed by atoms with E-state index >= 15 is 0 Å². The van der Waals surface area contributed by atoms with Crippen LogP contribution in [0, 0.1) is 0 Å². The summed E-state index contributed by atoms with van der Waals surface area (Å²) < 4.78 is 0.934. The molecule has 2 rings (SSSR count). The fraction of sp³-hybridized carbons (Fsp3) is 0.417. The van der Waals surface area contributed by atoms with E-state index in [1.165, 1.54) is 16.2 Å². The molecule has 3 amide bonds. The van der Waals surface area contributed by atoms with E-state index in [1.54, 1.807) is 7.05 Å². The van der Waals surface area contributed by atoms with Gasteiger partial charge in [0.2, 0.25) is 5.91 Å². The van der Waals surface area contributed by atoms with Crippen molar-refractivity contribution in [3.05, 3.63) is 20.8 Å². The molecule has 1 aromatic heterocycles. The summed E-state index contributed by atoms with van der Waals surface area (Å²) in [6.07, 6.45) is 0. The molecule has 1 unspecified atom stereocenters. The molecule has 114 valence electrons. The van der Waals surface area contributed by atoms with Gasteiger partial charge in [-0.2, -0.15) is 0 Å². The van der Waals surface area contributed by atoms with E-state index in [-0.39, 0.29) is 19.0 Å². The molecule has 7 nitrogen and oxygen atoms in total. The van der Waals surface area contributed by atoms with E-state index in [2.05, 4.69) is 21.2 Å². The summed E-state index contributed by atoms with van der Waals surface area (Å²) in [5, 5.41) is 13.5. The zero-order valence-electron chi connectivity index (χ0n) is 11.2. The molecular formula is C12H14BrN3O4S. The van der Waals surface area contributed by atoms with E-state index in [4.69, 9.17) is 5.11 Å². The second-order valence-corrected chi connectivity index (χ2v) is 6.57. The van der Waals surface area contributed by atoms with Gasteiger partial charge in [-0.15, -0.1) is 11.3 Å². The number of carbonyl (C=O) groups excluding carboxylic acids is 2. The van der Waals surface area contributed by atoms with E-state index < -0.39 is 18.0 Å². The molecule has 0 aliphatic carbocycles. The van der Waals surface area contributed by atoms with Crippen LogP contribution in [0.5, 0.6) is 0 Å². The summed E-state index contributed by atoms with van der Waals surface area (Å²) in [5.74, 6) is -1.48. The van der Waals surface area contributed by atoms with E-state index in [9.17, 15) is 14.4 Å². The number of nitrogens with zero attached hydrogens (tertiary/aromatic N) is 2. The third kappa shape index (κ3) is 3.73. The van der Waals surface area contributed by atoms with Gasteiger partial charge >= 0.3 is 12.0 Å². The number of urea groups is 1. The molecule has 2 heterocycles. The summed E-state index contributed by atoms with van der Waals surface area (Å²) in [6.45, 7) is 0.0477. The molecule has 1 fully saturated rings. The molecule has 0 spiro atoms. The Balaban J connectivity index is 2.08. The number of hydrogen-bond donors (Lipinski definition) is 2. The first kappa shape index (κ1) is 15.8. The standard InChI is InChI=1S/C12H14BrN3O4S/c1-15(4-8-2-7(13)6-21-8)12(20)16-5-10(17)14-3-9(16)11(18)19/h2,6,9H,3-5H2,1H3,(H,14,17)(H,18,19). The van der Waals surface area contributed by atoms with Gasteiger partial charge in [0.1, 0.15) is 12.6 Å². The first-order valence-corrected chi connectivity index (χ1v) is 7.80. The van der Waals surface area contributed by atoms with Gasteiger partial charge in [0.25, 0.3) is 0 Å². The Morgan fingerprint density at radius 2 is 2.33 bits per heavy atom. The van der Waals surface area contributed by atoms with Crippen molar-refractivity contribution in [3.8, 4) is 0 Å². The Morgan fingerprint density at radius 3 is 2.90 bits per heavy atom. The normalized spacial score (nSPS) is 18.3. The molecule has 0 radical (unpaired) electrons. The lowest BCUT2D eigenvalue weighted by Gasteiger charge is -2.35. The number of amides is 3. The first-order valence-electron chi connectivity index (χ1n) is 6.12. The summed E-state index contributed by atoms with van der Waals surface area (Å²) in [5.41, 5.74) is 0. The van der Waals surface area contributed by atoms with Crippen molar-refractivity contribution >= 4 is 45.2 Å². The van der Waals surface area contributed by atoms with Gasteiger partial charge < -0.3 is 15.3 Å². The Morgan fingerprint density at radius 1 is 1.62 bits per heavy atom. The number of piperazine rings is 1. The van der Waals surface area contributed by atoms with Crippen LogP contribution in [0.4, 0.5) is 4.79 Å². The Hall–Kier alpha value is -1.61. The van der Waals surface area contributed by atoms with E-state index in [0.29, 0.717) is 6.54 Å². The van der Waals surface area contributed by atoms with Crippen molar-refractivity contribution in [2.75, 3.05) is 20.1 Å². The van der Waals surface area contributed by atoms with Crippen molar-refractivity contribution in [1.29, 1.82) is 0 Å². The molecule has 0 aromatic carbocycles. The summed E-state index contributed by atoms with van der Waals surface area (Å²) >= 11 is 4.83. The van der Waals surface area contributed by atoms with Crippen LogP contribution in [0.2, 0.25) is 0 Å². The highest BCUT2D eigenvalue weighted by molar-refractivity contribution is 9.10. The minimum absolute atomic E-state index is 0.0711.